The summed E-state index contributed by atoms with van der Waals surface area (Å²) in [6, 6.07) is 11.1. The fourth-order valence-electron chi connectivity index (χ4n) is 3.37. The average Bonchev–Trinajstić information content (AvgIpc) is 2.73. The highest BCUT2D eigenvalue weighted by atomic mass is 35.5. The molecular weight excluding hydrogens is 390 g/mol. The zero-order valence-electron chi connectivity index (χ0n) is 16.7. The molecule has 0 unspecified atom stereocenters. The predicted molar refractivity (Wildman–Crippen MR) is 116 cm³/mol. The summed E-state index contributed by atoms with van der Waals surface area (Å²) in [5.74, 6) is 0.943. The molecule has 0 aliphatic carbocycles. The average molecular weight is 416 g/mol. The topological polar surface area (TPSA) is 59.0 Å². The van der Waals surface area contributed by atoms with E-state index in [0.29, 0.717) is 28.7 Å². The van der Waals surface area contributed by atoms with Crippen molar-refractivity contribution in [2.45, 2.75) is 25.9 Å². The molecule has 154 valence electrons. The fraction of sp³-hybridized carbons (Fsp3) is 0.348. The van der Waals surface area contributed by atoms with Crippen LogP contribution in [0.25, 0.3) is 6.08 Å². The Kier molecular flexibility index (Phi) is 7.18. The first-order valence-corrected chi connectivity index (χ1v) is 10.2. The lowest BCUT2D eigenvalue weighted by atomic mass is 10.1. The number of allylic oxidation sites excluding steroid dienone is 1. The molecule has 29 heavy (non-hydrogen) atoms. The third-order valence-electron chi connectivity index (χ3n) is 4.94. The number of piperidine rings is 1. The number of ketones is 1. The van der Waals surface area contributed by atoms with Gasteiger partial charge in [0.2, 0.25) is 0 Å². The van der Waals surface area contributed by atoms with Crippen LogP contribution in [-0.4, -0.2) is 43.8 Å². The molecule has 2 aromatic rings. The summed E-state index contributed by atoms with van der Waals surface area (Å²) in [6.45, 7) is 4.03. The summed E-state index contributed by atoms with van der Waals surface area (Å²) in [7, 11) is 1.54. The number of carbonyl (C=O) groups is 1. The molecule has 3 rings (SSSR count). The molecular formula is C23H26ClNO4. The lowest BCUT2D eigenvalue weighted by Gasteiger charge is -2.31. The van der Waals surface area contributed by atoms with Gasteiger partial charge >= 0.3 is 0 Å². The molecule has 6 heteroatoms. The first kappa shape index (κ1) is 21.2. The number of nitrogens with zero attached hydrogens (tertiary/aromatic N) is 1. The van der Waals surface area contributed by atoms with E-state index in [1.54, 1.807) is 25.3 Å². The normalized spacial score (nSPS) is 15.0. The number of aliphatic hydroxyl groups is 1. The van der Waals surface area contributed by atoms with Crippen molar-refractivity contribution in [2.24, 2.45) is 0 Å². The highest BCUT2D eigenvalue weighted by Crippen LogP contribution is 2.36. The van der Waals surface area contributed by atoms with Crippen LogP contribution in [0, 0.1) is 0 Å². The maximum atomic E-state index is 12.5. The number of benzene rings is 2. The van der Waals surface area contributed by atoms with Crippen LogP contribution < -0.4 is 14.4 Å². The number of anilines is 1. The fourth-order valence-corrected chi connectivity index (χ4v) is 3.67. The molecule has 1 fully saturated rings. The van der Waals surface area contributed by atoms with Crippen molar-refractivity contribution in [3.63, 3.8) is 0 Å². The van der Waals surface area contributed by atoms with Gasteiger partial charge in [0.1, 0.15) is 0 Å². The molecule has 0 aromatic heterocycles. The van der Waals surface area contributed by atoms with Crippen molar-refractivity contribution >= 4 is 29.1 Å². The van der Waals surface area contributed by atoms with Crippen LogP contribution >= 0.6 is 11.6 Å². The van der Waals surface area contributed by atoms with Crippen molar-refractivity contribution < 1.29 is 19.4 Å². The Morgan fingerprint density at radius 2 is 1.93 bits per heavy atom. The van der Waals surface area contributed by atoms with Crippen molar-refractivity contribution in [1.29, 1.82) is 0 Å². The minimum absolute atomic E-state index is 0.0875. The monoisotopic (exact) mass is 415 g/mol. The Morgan fingerprint density at radius 3 is 2.55 bits per heavy atom. The molecule has 1 aliphatic rings. The van der Waals surface area contributed by atoms with E-state index >= 15 is 0 Å². The van der Waals surface area contributed by atoms with E-state index in [1.165, 1.54) is 6.08 Å². The number of methoxy groups -OCH3 is 1. The first-order chi connectivity index (χ1) is 14.0. The lowest BCUT2D eigenvalue weighted by Crippen LogP contribution is -2.35. The number of rotatable bonds is 7. The second-order valence-electron chi connectivity index (χ2n) is 6.93. The van der Waals surface area contributed by atoms with Gasteiger partial charge in [-0.1, -0.05) is 17.7 Å². The van der Waals surface area contributed by atoms with Gasteiger partial charge in [0, 0.05) is 24.3 Å². The van der Waals surface area contributed by atoms with Crippen LogP contribution in [0.2, 0.25) is 5.02 Å². The maximum Gasteiger partial charge on any atom is 0.185 e. The summed E-state index contributed by atoms with van der Waals surface area (Å²) in [5.41, 5.74) is 2.45. The molecule has 1 saturated heterocycles. The van der Waals surface area contributed by atoms with Crippen LogP contribution in [0.3, 0.4) is 0 Å². The molecule has 0 spiro atoms. The highest BCUT2D eigenvalue weighted by Gasteiger charge is 2.17. The Hall–Kier alpha value is -2.50. The van der Waals surface area contributed by atoms with E-state index in [2.05, 4.69) is 4.90 Å². The van der Waals surface area contributed by atoms with E-state index in [-0.39, 0.29) is 11.9 Å². The van der Waals surface area contributed by atoms with E-state index in [4.69, 9.17) is 21.1 Å². The molecule has 1 heterocycles. The molecule has 0 radical (unpaired) electrons. The van der Waals surface area contributed by atoms with Crippen LogP contribution in [0.15, 0.2) is 42.5 Å². The largest absolute Gasteiger partial charge is 0.491 e. The Balaban J connectivity index is 1.70. The predicted octanol–water partition coefficient (Wildman–Crippen LogP) is 4.60. The molecule has 0 bridgehead atoms. The number of carbonyl (C=O) groups excluding carboxylic acids is 1. The van der Waals surface area contributed by atoms with Crippen LogP contribution in [-0.2, 0) is 0 Å². The van der Waals surface area contributed by atoms with Gasteiger partial charge in [-0.2, -0.15) is 0 Å². The van der Waals surface area contributed by atoms with Gasteiger partial charge in [-0.05, 0) is 67.8 Å². The van der Waals surface area contributed by atoms with Gasteiger partial charge in [0.15, 0.2) is 17.3 Å². The zero-order chi connectivity index (χ0) is 20.8. The summed E-state index contributed by atoms with van der Waals surface area (Å²) < 4.78 is 10.8. The zero-order valence-corrected chi connectivity index (χ0v) is 17.5. The van der Waals surface area contributed by atoms with Crippen molar-refractivity contribution in [1.82, 2.24) is 0 Å². The maximum absolute atomic E-state index is 12.5. The van der Waals surface area contributed by atoms with Crippen LogP contribution in [0.4, 0.5) is 5.69 Å². The number of aliphatic hydroxyl groups excluding tert-OH is 1. The minimum Gasteiger partial charge on any atom is -0.491 e. The Bertz CT molecular complexity index is 871. The van der Waals surface area contributed by atoms with Gasteiger partial charge in [0.25, 0.3) is 0 Å². The molecule has 0 saturated carbocycles. The second kappa shape index (κ2) is 9.81. The van der Waals surface area contributed by atoms with Crippen molar-refractivity contribution in [3.05, 3.63) is 58.6 Å². The summed E-state index contributed by atoms with van der Waals surface area (Å²) in [5, 5.41) is 10.1. The van der Waals surface area contributed by atoms with Crippen LogP contribution in [0.1, 0.15) is 35.7 Å². The van der Waals surface area contributed by atoms with Gasteiger partial charge in [-0.15, -0.1) is 0 Å². The van der Waals surface area contributed by atoms with Gasteiger partial charge in [-0.25, -0.2) is 0 Å². The molecule has 5 nitrogen and oxygen atoms in total. The van der Waals surface area contributed by atoms with Crippen molar-refractivity contribution in [3.8, 4) is 11.5 Å². The minimum atomic E-state index is -0.202. The molecule has 0 amide bonds. The second-order valence-corrected chi connectivity index (χ2v) is 7.34. The molecule has 1 aliphatic heterocycles. The summed E-state index contributed by atoms with van der Waals surface area (Å²) in [4.78, 5) is 14.8. The SMILES string of the molecule is CCOc1cc(/C=C/C(=O)c2ccc(N3CCC(O)CC3)cc2)cc(Cl)c1OC. The number of halogens is 1. The quantitative estimate of drug-likeness (QED) is 0.528. The van der Waals surface area contributed by atoms with Crippen LogP contribution in [0.5, 0.6) is 11.5 Å². The third kappa shape index (κ3) is 5.31. The Labute approximate surface area is 176 Å². The van der Waals surface area contributed by atoms with E-state index < -0.39 is 0 Å². The van der Waals surface area contributed by atoms with Crippen molar-refractivity contribution in [2.75, 3.05) is 31.7 Å². The third-order valence-corrected chi connectivity index (χ3v) is 5.23. The standard InChI is InChI=1S/C23H26ClNO4/c1-3-29-22-15-16(14-20(24)23(22)28-2)4-9-21(27)17-5-7-18(8-6-17)25-12-10-19(26)11-13-25/h4-9,14-15,19,26H,3,10-13H2,1-2H3/b9-4+. The van der Waals surface area contributed by atoms with E-state index in [0.717, 1.165) is 37.2 Å². The number of hydrogen-bond donors (Lipinski definition) is 1. The molecule has 1 N–H and O–H groups in total. The highest BCUT2D eigenvalue weighted by molar-refractivity contribution is 6.32. The summed E-state index contributed by atoms with van der Waals surface area (Å²) in [6.07, 6.45) is 4.60. The summed E-state index contributed by atoms with van der Waals surface area (Å²) >= 11 is 6.26. The van der Waals surface area contributed by atoms with Gasteiger partial charge < -0.3 is 19.5 Å². The van der Waals surface area contributed by atoms with Gasteiger partial charge in [-0.3, -0.25) is 4.79 Å². The molecule has 2 aromatic carbocycles. The number of hydrogen-bond acceptors (Lipinski definition) is 5. The van der Waals surface area contributed by atoms with E-state index in [9.17, 15) is 9.90 Å². The van der Waals surface area contributed by atoms with Gasteiger partial charge in [0.05, 0.1) is 24.8 Å². The first-order valence-electron chi connectivity index (χ1n) is 9.77. The lowest BCUT2D eigenvalue weighted by molar-refractivity contribution is 0.104. The number of ether oxygens (including phenoxy) is 2. The smallest absolute Gasteiger partial charge is 0.185 e. The van der Waals surface area contributed by atoms with E-state index in [1.807, 2.05) is 31.2 Å². The Morgan fingerprint density at radius 1 is 1.24 bits per heavy atom. The molecule has 0 atom stereocenters.